The van der Waals surface area contributed by atoms with Crippen LogP contribution in [0.5, 0.6) is 0 Å². The topological polar surface area (TPSA) is 108 Å². The molecule has 0 aliphatic heterocycles. The first-order valence-electron chi connectivity index (χ1n) is 10.5. The lowest BCUT2D eigenvalue weighted by atomic mass is 10.1. The van der Waals surface area contributed by atoms with Crippen molar-refractivity contribution in [3.63, 3.8) is 0 Å². The van der Waals surface area contributed by atoms with Gasteiger partial charge in [-0.2, -0.15) is 55.3 Å². The molecule has 0 saturated heterocycles. The molecule has 3 aromatic rings. The molecular weight excluding hydrogens is 555 g/mol. The van der Waals surface area contributed by atoms with Gasteiger partial charge in [0.15, 0.2) is 0 Å². The van der Waals surface area contributed by atoms with E-state index in [4.69, 9.17) is 15.8 Å². The smallest absolute Gasteiger partial charge is 0.326 e. The molecule has 2 N–H and O–H groups in total. The van der Waals surface area contributed by atoms with Crippen LogP contribution in [0.1, 0.15) is 33.4 Å². The van der Waals surface area contributed by atoms with Crippen molar-refractivity contribution in [1.29, 1.82) is 15.8 Å². The number of halogens is 9. The Morgan fingerprint density at radius 3 is 1.25 bits per heavy atom. The summed E-state index contributed by atoms with van der Waals surface area (Å²) in [6, 6.07) is 10.9. The summed E-state index contributed by atoms with van der Waals surface area (Å²) in [6.45, 7) is 0. The van der Waals surface area contributed by atoms with E-state index < -0.39 is 63.6 Å². The normalized spacial score (nSPS) is 11.6. The van der Waals surface area contributed by atoms with Crippen LogP contribution in [-0.4, -0.2) is 5.96 Å². The van der Waals surface area contributed by atoms with Crippen LogP contribution in [-0.2, 0) is 18.5 Å². The number of nitrogens with zero attached hydrogens (tertiary/aromatic N) is 4. The maximum Gasteiger partial charge on any atom is 0.417 e. The Bertz CT molecular complexity index is 1520. The van der Waals surface area contributed by atoms with Gasteiger partial charge in [0.2, 0.25) is 5.96 Å². The Balaban J connectivity index is 2.16. The molecule has 0 aromatic heterocycles. The van der Waals surface area contributed by atoms with Crippen molar-refractivity contribution in [3.8, 4) is 18.2 Å². The summed E-state index contributed by atoms with van der Waals surface area (Å²) in [5.74, 6) is -0.631. The molecule has 40 heavy (non-hydrogen) atoms. The van der Waals surface area contributed by atoms with Gasteiger partial charge in [-0.25, -0.2) is 4.99 Å². The average Bonchev–Trinajstić information content (AvgIpc) is 2.87. The zero-order valence-corrected chi connectivity index (χ0v) is 19.4. The van der Waals surface area contributed by atoms with E-state index in [2.05, 4.69) is 15.6 Å². The summed E-state index contributed by atoms with van der Waals surface area (Å²) in [7, 11) is 0. The van der Waals surface area contributed by atoms with E-state index in [0.717, 1.165) is 36.4 Å². The molecule has 15 heteroatoms. The number of alkyl halides is 9. The Morgan fingerprint density at radius 2 is 0.900 bits per heavy atom. The van der Waals surface area contributed by atoms with Crippen LogP contribution >= 0.6 is 0 Å². The average molecular weight is 566 g/mol. The third kappa shape index (κ3) is 6.79. The summed E-state index contributed by atoms with van der Waals surface area (Å²) in [6.07, 6.45) is -14.9. The second-order valence-corrected chi connectivity index (χ2v) is 7.79. The number of benzene rings is 3. The fraction of sp³-hybridized carbons (Fsp3) is 0.120. The van der Waals surface area contributed by atoms with Gasteiger partial charge >= 0.3 is 18.5 Å². The Labute approximate surface area is 219 Å². The van der Waals surface area contributed by atoms with Crippen molar-refractivity contribution >= 4 is 23.0 Å². The minimum atomic E-state index is -4.99. The standard InChI is InChI=1S/C25H11F9N6/c26-23(27,28)19-7-16(4-1-13(19)10-35)38-22(39-17-5-2-14(11-36)20(8-17)24(29,30)31)40-18-6-3-15(12-37)21(9-18)25(32,33)34/h1-9H,(H2,38,39,40). The van der Waals surface area contributed by atoms with Crippen LogP contribution in [0.15, 0.2) is 59.6 Å². The number of aliphatic imine (C=N–C) groups is 1. The second kappa shape index (κ2) is 10.9. The van der Waals surface area contributed by atoms with Gasteiger partial charge in [-0.15, -0.1) is 0 Å². The SMILES string of the molecule is N#Cc1ccc(N=C(Nc2ccc(C#N)c(C(F)(F)F)c2)Nc2ccc(C#N)c(C(F)(F)F)c2)cc1C(F)(F)F. The maximum absolute atomic E-state index is 13.4. The van der Waals surface area contributed by atoms with Gasteiger partial charge in [-0.1, -0.05) is 0 Å². The molecule has 0 aliphatic carbocycles. The second-order valence-electron chi connectivity index (χ2n) is 7.79. The summed E-state index contributed by atoms with van der Waals surface area (Å²) in [5.41, 5.74) is -7.59. The number of hydrogen-bond acceptors (Lipinski definition) is 4. The van der Waals surface area contributed by atoms with Crippen LogP contribution in [0, 0.1) is 34.0 Å². The third-order valence-corrected chi connectivity index (χ3v) is 5.09. The van der Waals surface area contributed by atoms with E-state index >= 15 is 0 Å². The van der Waals surface area contributed by atoms with Crippen LogP contribution in [0.2, 0.25) is 0 Å². The number of rotatable bonds is 3. The first kappa shape index (κ1) is 29.3. The molecule has 0 fully saturated rings. The van der Waals surface area contributed by atoms with Gasteiger partial charge in [0.05, 0.1) is 57.3 Å². The molecule has 0 radical (unpaired) electrons. The van der Waals surface area contributed by atoms with Crippen molar-refractivity contribution in [3.05, 3.63) is 88.0 Å². The highest BCUT2D eigenvalue weighted by Crippen LogP contribution is 2.36. The van der Waals surface area contributed by atoms with Gasteiger partial charge in [-0.05, 0) is 54.6 Å². The molecule has 0 bridgehead atoms. The summed E-state index contributed by atoms with van der Waals surface area (Å²) in [4.78, 5) is 3.86. The lowest BCUT2D eigenvalue weighted by molar-refractivity contribution is -0.138. The van der Waals surface area contributed by atoms with E-state index in [9.17, 15) is 39.5 Å². The number of hydrogen-bond donors (Lipinski definition) is 2. The molecule has 0 aliphatic rings. The molecule has 0 unspecified atom stereocenters. The van der Waals surface area contributed by atoms with Gasteiger partial charge in [0.25, 0.3) is 0 Å². The molecule has 0 amide bonds. The number of anilines is 2. The van der Waals surface area contributed by atoms with E-state index in [1.54, 1.807) is 0 Å². The Kier molecular flexibility index (Phi) is 7.97. The van der Waals surface area contributed by atoms with Crippen molar-refractivity contribution in [2.45, 2.75) is 18.5 Å². The van der Waals surface area contributed by atoms with Crippen molar-refractivity contribution in [2.24, 2.45) is 4.99 Å². The number of nitrogens with one attached hydrogen (secondary N) is 2. The lowest BCUT2D eigenvalue weighted by Gasteiger charge is -2.17. The number of nitriles is 3. The molecule has 0 saturated carbocycles. The fourth-order valence-corrected chi connectivity index (χ4v) is 3.33. The summed E-state index contributed by atoms with van der Waals surface area (Å²) < 4.78 is 121. The van der Waals surface area contributed by atoms with Crippen molar-refractivity contribution in [2.75, 3.05) is 10.6 Å². The zero-order valence-electron chi connectivity index (χ0n) is 19.4. The quantitative estimate of drug-likeness (QED) is 0.193. The summed E-state index contributed by atoms with van der Waals surface area (Å²) >= 11 is 0. The third-order valence-electron chi connectivity index (χ3n) is 5.09. The molecular formula is C25H11F9N6. The molecule has 204 valence electrons. The predicted molar refractivity (Wildman–Crippen MR) is 123 cm³/mol. The fourth-order valence-electron chi connectivity index (χ4n) is 3.33. The lowest BCUT2D eigenvalue weighted by Crippen LogP contribution is -2.23. The van der Waals surface area contributed by atoms with Crippen molar-refractivity contribution < 1.29 is 39.5 Å². The Morgan fingerprint density at radius 1 is 0.550 bits per heavy atom. The molecule has 0 spiro atoms. The Hall–Kier alpha value is -5.23. The number of guanidine groups is 1. The molecule has 6 nitrogen and oxygen atoms in total. The summed E-state index contributed by atoms with van der Waals surface area (Å²) in [5, 5.41) is 31.6. The highest BCUT2D eigenvalue weighted by atomic mass is 19.4. The highest BCUT2D eigenvalue weighted by Gasteiger charge is 2.36. The minimum absolute atomic E-state index is 0.382. The van der Waals surface area contributed by atoms with Crippen molar-refractivity contribution in [1.82, 2.24) is 0 Å². The van der Waals surface area contributed by atoms with Crippen LogP contribution in [0.3, 0.4) is 0 Å². The van der Waals surface area contributed by atoms with E-state index in [-0.39, 0.29) is 11.4 Å². The first-order chi connectivity index (χ1) is 18.6. The molecule has 3 rings (SSSR count). The van der Waals surface area contributed by atoms with E-state index in [1.165, 1.54) is 18.2 Å². The van der Waals surface area contributed by atoms with Gasteiger partial charge in [0.1, 0.15) is 0 Å². The first-order valence-corrected chi connectivity index (χ1v) is 10.5. The van der Waals surface area contributed by atoms with Gasteiger partial charge in [-0.3, -0.25) is 0 Å². The van der Waals surface area contributed by atoms with Gasteiger partial charge < -0.3 is 10.6 Å². The van der Waals surface area contributed by atoms with Crippen LogP contribution in [0.25, 0.3) is 0 Å². The highest BCUT2D eigenvalue weighted by molar-refractivity contribution is 6.05. The monoisotopic (exact) mass is 566 g/mol. The molecule has 3 aromatic carbocycles. The maximum atomic E-state index is 13.4. The molecule has 0 atom stereocenters. The van der Waals surface area contributed by atoms with Crippen LogP contribution < -0.4 is 10.6 Å². The van der Waals surface area contributed by atoms with E-state index in [0.29, 0.717) is 18.2 Å². The largest absolute Gasteiger partial charge is 0.417 e. The predicted octanol–water partition coefficient (Wildman–Crippen LogP) is 7.57. The van der Waals surface area contributed by atoms with Gasteiger partial charge in [0, 0.05) is 11.4 Å². The van der Waals surface area contributed by atoms with E-state index in [1.807, 2.05) is 0 Å². The van der Waals surface area contributed by atoms with Crippen LogP contribution in [0.4, 0.5) is 56.6 Å². The zero-order chi connectivity index (χ0) is 29.9. The molecule has 0 heterocycles. The minimum Gasteiger partial charge on any atom is -0.326 e.